The minimum atomic E-state index is -0.257. The maximum absolute atomic E-state index is 12.0. The van der Waals surface area contributed by atoms with Gasteiger partial charge in [0.1, 0.15) is 0 Å². The highest BCUT2D eigenvalue weighted by atomic mass is 35.5. The lowest BCUT2D eigenvalue weighted by Crippen LogP contribution is -2.22. The molecule has 2 amide bonds. The molecule has 0 aromatic heterocycles. The molecule has 5 nitrogen and oxygen atoms in total. The van der Waals surface area contributed by atoms with Gasteiger partial charge in [0.2, 0.25) is 5.91 Å². The van der Waals surface area contributed by atoms with E-state index in [0.717, 1.165) is 5.69 Å². The zero-order valence-electron chi connectivity index (χ0n) is 13.3. The van der Waals surface area contributed by atoms with Gasteiger partial charge >= 0.3 is 0 Å². The van der Waals surface area contributed by atoms with Crippen molar-refractivity contribution in [2.45, 2.75) is 0 Å². The highest BCUT2D eigenvalue weighted by molar-refractivity contribution is 6.35. The van der Waals surface area contributed by atoms with Crippen LogP contribution in [0.1, 0.15) is 10.4 Å². The summed E-state index contributed by atoms with van der Waals surface area (Å²) in [6.45, 7) is 0.0593. The number of halogens is 2. The molecule has 0 saturated carbocycles. The van der Waals surface area contributed by atoms with Crippen molar-refractivity contribution in [3.8, 4) is 0 Å². The largest absolute Gasteiger partial charge is 0.376 e. The Kier molecular flexibility index (Phi) is 6.06. The van der Waals surface area contributed by atoms with Gasteiger partial charge in [0, 0.05) is 30.4 Å². The van der Waals surface area contributed by atoms with Gasteiger partial charge in [0.25, 0.3) is 5.91 Å². The number of rotatable bonds is 5. The van der Waals surface area contributed by atoms with E-state index >= 15 is 0 Å². The summed E-state index contributed by atoms with van der Waals surface area (Å²) in [5.41, 5.74) is 1.78. The Balaban J connectivity index is 1.92. The second-order valence-electron chi connectivity index (χ2n) is 5.30. The highest BCUT2D eigenvalue weighted by Crippen LogP contribution is 2.25. The normalized spacial score (nSPS) is 10.2. The zero-order valence-corrected chi connectivity index (χ0v) is 14.8. The number of amides is 2. The van der Waals surface area contributed by atoms with E-state index in [4.69, 9.17) is 23.2 Å². The van der Waals surface area contributed by atoms with E-state index in [0.29, 0.717) is 21.3 Å². The second kappa shape index (κ2) is 8.04. The van der Waals surface area contributed by atoms with Crippen LogP contribution < -0.4 is 10.6 Å². The number of benzene rings is 2. The molecule has 0 aliphatic carbocycles. The minimum absolute atomic E-state index is 0.0593. The molecular weight excluding hydrogens is 349 g/mol. The summed E-state index contributed by atoms with van der Waals surface area (Å²) in [6.07, 6.45) is 0. The van der Waals surface area contributed by atoms with Crippen molar-refractivity contribution in [3.63, 3.8) is 0 Å². The number of anilines is 2. The van der Waals surface area contributed by atoms with E-state index in [1.54, 1.807) is 56.6 Å². The van der Waals surface area contributed by atoms with Crippen molar-refractivity contribution in [2.75, 3.05) is 31.3 Å². The lowest BCUT2D eigenvalue weighted by atomic mass is 10.2. The molecule has 24 heavy (non-hydrogen) atoms. The van der Waals surface area contributed by atoms with Crippen molar-refractivity contribution in [2.24, 2.45) is 0 Å². The molecule has 7 heteroatoms. The fourth-order valence-corrected chi connectivity index (χ4v) is 2.30. The summed E-state index contributed by atoms with van der Waals surface area (Å²) in [7, 11) is 3.39. The van der Waals surface area contributed by atoms with E-state index in [2.05, 4.69) is 10.6 Å². The maximum Gasteiger partial charge on any atom is 0.253 e. The van der Waals surface area contributed by atoms with Crippen LogP contribution in [-0.4, -0.2) is 37.4 Å². The van der Waals surface area contributed by atoms with Crippen molar-refractivity contribution in [1.29, 1.82) is 0 Å². The average Bonchev–Trinajstić information content (AvgIpc) is 2.56. The summed E-state index contributed by atoms with van der Waals surface area (Å²) < 4.78 is 0. The number of nitrogens with one attached hydrogen (secondary N) is 2. The lowest BCUT2D eigenvalue weighted by molar-refractivity contribution is -0.114. The summed E-state index contributed by atoms with van der Waals surface area (Å²) >= 11 is 11.9. The Morgan fingerprint density at radius 1 is 1.04 bits per heavy atom. The quantitative estimate of drug-likeness (QED) is 0.847. The van der Waals surface area contributed by atoms with Crippen molar-refractivity contribution in [1.82, 2.24) is 4.90 Å². The standard InChI is InChI=1S/C17H17Cl2N3O2/c1-22(2)17(24)11-3-6-13(7-4-11)20-10-16(23)21-15-9-12(18)5-8-14(15)19/h3-9,20H,10H2,1-2H3,(H,21,23). The van der Waals surface area contributed by atoms with E-state index in [1.807, 2.05) is 0 Å². The smallest absolute Gasteiger partial charge is 0.253 e. The Labute approximate surface area is 150 Å². The zero-order chi connectivity index (χ0) is 17.7. The Hall–Kier alpha value is -2.24. The third kappa shape index (κ3) is 4.88. The number of carbonyl (C=O) groups excluding carboxylic acids is 2. The second-order valence-corrected chi connectivity index (χ2v) is 6.15. The van der Waals surface area contributed by atoms with Gasteiger partial charge in [-0.05, 0) is 42.5 Å². The molecule has 0 fully saturated rings. The van der Waals surface area contributed by atoms with Gasteiger partial charge in [0.05, 0.1) is 17.3 Å². The molecule has 0 aliphatic heterocycles. The van der Waals surface area contributed by atoms with E-state index < -0.39 is 0 Å². The van der Waals surface area contributed by atoms with Crippen LogP contribution in [0.25, 0.3) is 0 Å². The molecule has 2 N–H and O–H groups in total. The molecule has 0 heterocycles. The molecule has 2 rings (SSSR count). The number of hydrogen-bond acceptors (Lipinski definition) is 3. The van der Waals surface area contributed by atoms with Crippen LogP contribution in [-0.2, 0) is 4.79 Å². The summed E-state index contributed by atoms with van der Waals surface area (Å²) in [5, 5.41) is 6.57. The first-order chi connectivity index (χ1) is 11.4. The van der Waals surface area contributed by atoms with Crippen LogP contribution in [0.4, 0.5) is 11.4 Å². The van der Waals surface area contributed by atoms with Crippen LogP contribution in [0.15, 0.2) is 42.5 Å². The first-order valence-electron chi connectivity index (χ1n) is 7.17. The van der Waals surface area contributed by atoms with Gasteiger partial charge in [-0.15, -0.1) is 0 Å². The Morgan fingerprint density at radius 3 is 2.33 bits per heavy atom. The molecule has 126 valence electrons. The van der Waals surface area contributed by atoms with Gasteiger partial charge in [-0.2, -0.15) is 0 Å². The first-order valence-corrected chi connectivity index (χ1v) is 7.93. The van der Waals surface area contributed by atoms with Gasteiger partial charge in [-0.25, -0.2) is 0 Å². The third-order valence-electron chi connectivity index (χ3n) is 3.19. The fourth-order valence-electron chi connectivity index (χ4n) is 1.96. The SMILES string of the molecule is CN(C)C(=O)c1ccc(NCC(=O)Nc2cc(Cl)ccc2Cl)cc1. The van der Waals surface area contributed by atoms with Crippen molar-refractivity contribution in [3.05, 3.63) is 58.1 Å². The molecule has 0 unspecified atom stereocenters. The lowest BCUT2D eigenvalue weighted by Gasteiger charge is -2.12. The van der Waals surface area contributed by atoms with Crippen LogP contribution >= 0.6 is 23.2 Å². The topological polar surface area (TPSA) is 61.4 Å². The molecule has 0 aliphatic rings. The van der Waals surface area contributed by atoms with E-state index in [-0.39, 0.29) is 18.4 Å². The number of nitrogens with zero attached hydrogens (tertiary/aromatic N) is 1. The van der Waals surface area contributed by atoms with E-state index in [9.17, 15) is 9.59 Å². The number of hydrogen-bond donors (Lipinski definition) is 2. The summed E-state index contributed by atoms with van der Waals surface area (Å²) in [4.78, 5) is 25.3. The Bertz CT molecular complexity index is 746. The van der Waals surface area contributed by atoms with Gasteiger partial charge < -0.3 is 15.5 Å². The Morgan fingerprint density at radius 2 is 1.71 bits per heavy atom. The van der Waals surface area contributed by atoms with Gasteiger partial charge in [0.15, 0.2) is 0 Å². The molecular formula is C17H17Cl2N3O2. The third-order valence-corrected chi connectivity index (χ3v) is 3.76. The molecule has 2 aromatic rings. The van der Waals surface area contributed by atoms with Gasteiger partial charge in [-0.1, -0.05) is 23.2 Å². The predicted molar refractivity (Wildman–Crippen MR) is 98.0 cm³/mol. The van der Waals surface area contributed by atoms with Crippen molar-refractivity contribution < 1.29 is 9.59 Å². The van der Waals surface area contributed by atoms with E-state index in [1.165, 1.54) is 4.90 Å². The van der Waals surface area contributed by atoms with Crippen LogP contribution in [0.3, 0.4) is 0 Å². The molecule has 0 saturated heterocycles. The first kappa shape index (κ1) is 18.1. The minimum Gasteiger partial charge on any atom is -0.376 e. The van der Waals surface area contributed by atoms with Crippen LogP contribution in [0, 0.1) is 0 Å². The molecule has 2 aromatic carbocycles. The average molecular weight is 366 g/mol. The molecule has 0 spiro atoms. The van der Waals surface area contributed by atoms with Crippen molar-refractivity contribution >= 4 is 46.4 Å². The number of carbonyl (C=O) groups is 2. The fraction of sp³-hybridized carbons (Fsp3) is 0.176. The maximum atomic E-state index is 12.0. The van der Waals surface area contributed by atoms with Crippen LogP contribution in [0.2, 0.25) is 10.0 Å². The predicted octanol–water partition coefficient (Wildman–Crippen LogP) is 3.75. The molecule has 0 radical (unpaired) electrons. The summed E-state index contributed by atoms with van der Waals surface area (Å²) in [5.74, 6) is -0.331. The van der Waals surface area contributed by atoms with Gasteiger partial charge in [-0.3, -0.25) is 9.59 Å². The van der Waals surface area contributed by atoms with Crippen LogP contribution in [0.5, 0.6) is 0 Å². The molecule has 0 bridgehead atoms. The molecule has 0 atom stereocenters. The monoisotopic (exact) mass is 365 g/mol. The highest BCUT2D eigenvalue weighted by Gasteiger charge is 2.09. The summed E-state index contributed by atoms with van der Waals surface area (Å²) in [6, 6.07) is 11.8.